The zero-order chi connectivity index (χ0) is 8.43. The molecule has 1 aliphatic carbocycles. The van der Waals surface area contributed by atoms with E-state index < -0.39 is 0 Å². The average molecular weight is 158 g/mol. The minimum Gasteiger partial charge on any atom is -0.393 e. The Bertz CT molecular complexity index is 123. The first-order chi connectivity index (χ1) is 5.11. The molecule has 66 valence electrons. The molecule has 0 aromatic carbocycles. The molecule has 3 atom stereocenters. The lowest BCUT2D eigenvalue weighted by molar-refractivity contribution is -0.0109. The Morgan fingerprint density at radius 2 is 1.82 bits per heavy atom. The SMILES string of the molecule is CC(C)[C@@H]1C[C@H](O)CC[C@@H]1O. The fourth-order valence-corrected chi connectivity index (χ4v) is 1.88. The minimum atomic E-state index is -0.182. The van der Waals surface area contributed by atoms with Crippen LogP contribution in [-0.2, 0) is 0 Å². The second-order valence-electron chi connectivity index (χ2n) is 3.94. The summed E-state index contributed by atoms with van der Waals surface area (Å²) in [6, 6.07) is 0. The highest BCUT2D eigenvalue weighted by Gasteiger charge is 2.29. The van der Waals surface area contributed by atoms with Crippen molar-refractivity contribution >= 4 is 0 Å². The van der Waals surface area contributed by atoms with Crippen LogP contribution in [0.2, 0.25) is 0 Å². The normalized spacial score (nSPS) is 39.5. The van der Waals surface area contributed by atoms with Crippen molar-refractivity contribution in [2.75, 3.05) is 0 Å². The Hall–Kier alpha value is -0.0800. The largest absolute Gasteiger partial charge is 0.393 e. The molecule has 2 N–H and O–H groups in total. The Morgan fingerprint density at radius 1 is 1.18 bits per heavy atom. The van der Waals surface area contributed by atoms with Crippen molar-refractivity contribution in [3.63, 3.8) is 0 Å². The number of hydrogen-bond acceptors (Lipinski definition) is 2. The van der Waals surface area contributed by atoms with E-state index in [1.54, 1.807) is 0 Å². The van der Waals surface area contributed by atoms with Crippen molar-refractivity contribution in [3.8, 4) is 0 Å². The first-order valence-electron chi connectivity index (χ1n) is 4.47. The van der Waals surface area contributed by atoms with E-state index in [0.29, 0.717) is 11.8 Å². The summed E-state index contributed by atoms with van der Waals surface area (Å²) in [4.78, 5) is 0. The quantitative estimate of drug-likeness (QED) is 0.601. The third kappa shape index (κ3) is 2.17. The van der Waals surface area contributed by atoms with Crippen LogP contribution in [0.15, 0.2) is 0 Å². The Labute approximate surface area is 68.2 Å². The van der Waals surface area contributed by atoms with Crippen LogP contribution in [0, 0.1) is 11.8 Å². The summed E-state index contributed by atoms with van der Waals surface area (Å²) in [6.45, 7) is 4.21. The maximum absolute atomic E-state index is 9.55. The highest BCUT2D eigenvalue weighted by atomic mass is 16.3. The smallest absolute Gasteiger partial charge is 0.0572 e. The van der Waals surface area contributed by atoms with Crippen LogP contribution >= 0.6 is 0 Å². The van der Waals surface area contributed by atoms with E-state index in [4.69, 9.17) is 0 Å². The van der Waals surface area contributed by atoms with Gasteiger partial charge in [0.15, 0.2) is 0 Å². The lowest BCUT2D eigenvalue weighted by Crippen LogP contribution is -2.34. The monoisotopic (exact) mass is 158 g/mol. The number of hydrogen-bond donors (Lipinski definition) is 2. The van der Waals surface area contributed by atoms with Crippen LogP contribution in [0.25, 0.3) is 0 Å². The van der Waals surface area contributed by atoms with E-state index >= 15 is 0 Å². The van der Waals surface area contributed by atoms with Gasteiger partial charge in [-0.2, -0.15) is 0 Å². The van der Waals surface area contributed by atoms with Gasteiger partial charge in [-0.15, -0.1) is 0 Å². The average Bonchev–Trinajstić information content (AvgIpc) is 1.94. The number of aliphatic hydroxyl groups excluding tert-OH is 2. The van der Waals surface area contributed by atoms with Gasteiger partial charge in [-0.25, -0.2) is 0 Å². The molecule has 0 spiro atoms. The number of rotatable bonds is 1. The van der Waals surface area contributed by atoms with E-state index in [0.717, 1.165) is 19.3 Å². The van der Waals surface area contributed by atoms with Gasteiger partial charge in [0.05, 0.1) is 12.2 Å². The summed E-state index contributed by atoms with van der Waals surface area (Å²) < 4.78 is 0. The van der Waals surface area contributed by atoms with E-state index in [1.807, 2.05) is 0 Å². The third-order valence-electron chi connectivity index (χ3n) is 2.69. The molecule has 2 nitrogen and oxygen atoms in total. The van der Waals surface area contributed by atoms with Crippen LogP contribution in [0.5, 0.6) is 0 Å². The van der Waals surface area contributed by atoms with Gasteiger partial charge in [-0.3, -0.25) is 0 Å². The molecule has 1 aliphatic rings. The van der Waals surface area contributed by atoms with Gasteiger partial charge in [0.25, 0.3) is 0 Å². The summed E-state index contributed by atoms with van der Waals surface area (Å²) in [6.07, 6.45) is 1.96. The van der Waals surface area contributed by atoms with Crippen LogP contribution < -0.4 is 0 Å². The molecule has 0 unspecified atom stereocenters. The van der Waals surface area contributed by atoms with Crippen molar-refractivity contribution < 1.29 is 10.2 Å². The van der Waals surface area contributed by atoms with Gasteiger partial charge in [0.2, 0.25) is 0 Å². The van der Waals surface area contributed by atoms with Gasteiger partial charge < -0.3 is 10.2 Å². The van der Waals surface area contributed by atoms with Crippen molar-refractivity contribution in [2.45, 2.75) is 45.3 Å². The Kier molecular flexibility index (Phi) is 2.90. The number of aliphatic hydroxyl groups is 2. The van der Waals surface area contributed by atoms with Gasteiger partial charge >= 0.3 is 0 Å². The van der Waals surface area contributed by atoms with E-state index in [-0.39, 0.29) is 12.2 Å². The Balaban J connectivity index is 2.47. The van der Waals surface area contributed by atoms with E-state index in [2.05, 4.69) is 13.8 Å². The molecule has 11 heavy (non-hydrogen) atoms. The third-order valence-corrected chi connectivity index (χ3v) is 2.69. The maximum Gasteiger partial charge on any atom is 0.0572 e. The molecule has 0 radical (unpaired) electrons. The van der Waals surface area contributed by atoms with E-state index in [9.17, 15) is 10.2 Å². The van der Waals surface area contributed by atoms with Gasteiger partial charge in [-0.1, -0.05) is 13.8 Å². The predicted molar refractivity (Wildman–Crippen MR) is 44.2 cm³/mol. The van der Waals surface area contributed by atoms with Crippen LogP contribution in [-0.4, -0.2) is 22.4 Å². The molecule has 0 saturated heterocycles. The summed E-state index contributed by atoms with van der Waals surface area (Å²) in [5, 5.41) is 18.9. The first-order valence-corrected chi connectivity index (χ1v) is 4.47. The predicted octanol–water partition coefficient (Wildman–Crippen LogP) is 1.16. The fraction of sp³-hybridized carbons (Fsp3) is 1.00. The van der Waals surface area contributed by atoms with Gasteiger partial charge in [0.1, 0.15) is 0 Å². The second-order valence-corrected chi connectivity index (χ2v) is 3.94. The molecule has 1 fully saturated rings. The van der Waals surface area contributed by atoms with Crippen LogP contribution in [0.1, 0.15) is 33.1 Å². The highest BCUT2D eigenvalue weighted by Crippen LogP contribution is 2.30. The molecule has 1 rings (SSSR count). The molecule has 0 amide bonds. The lowest BCUT2D eigenvalue weighted by atomic mass is 9.78. The van der Waals surface area contributed by atoms with Gasteiger partial charge in [-0.05, 0) is 31.1 Å². The van der Waals surface area contributed by atoms with Crippen molar-refractivity contribution in [2.24, 2.45) is 11.8 Å². The zero-order valence-electron chi connectivity index (χ0n) is 7.33. The fourth-order valence-electron chi connectivity index (χ4n) is 1.88. The summed E-state index contributed by atoms with van der Waals surface area (Å²) >= 11 is 0. The summed E-state index contributed by atoms with van der Waals surface area (Å²) in [5.74, 6) is 0.790. The zero-order valence-corrected chi connectivity index (χ0v) is 7.33. The molecule has 0 aromatic rings. The minimum absolute atomic E-state index is 0.175. The molecule has 0 aliphatic heterocycles. The van der Waals surface area contributed by atoms with Crippen molar-refractivity contribution in [3.05, 3.63) is 0 Å². The molecule has 0 heterocycles. The van der Waals surface area contributed by atoms with Crippen molar-refractivity contribution in [1.29, 1.82) is 0 Å². The standard InChI is InChI=1S/C9H18O2/c1-6(2)8-5-7(10)3-4-9(8)11/h6-11H,3-5H2,1-2H3/t7-,8+,9+/m1/s1. The van der Waals surface area contributed by atoms with Crippen LogP contribution in [0.3, 0.4) is 0 Å². The first kappa shape index (κ1) is 9.01. The highest BCUT2D eigenvalue weighted by molar-refractivity contribution is 4.80. The van der Waals surface area contributed by atoms with Crippen molar-refractivity contribution in [1.82, 2.24) is 0 Å². The summed E-state index contributed by atoms with van der Waals surface area (Å²) in [5.41, 5.74) is 0. The second kappa shape index (κ2) is 3.55. The van der Waals surface area contributed by atoms with Crippen LogP contribution in [0.4, 0.5) is 0 Å². The maximum atomic E-state index is 9.55. The molecule has 0 bridgehead atoms. The molecule has 2 heteroatoms. The molecular formula is C9H18O2. The van der Waals surface area contributed by atoms with E-state index in [1.165, 1.54) is 0 Å². The topological polar surface area (TPSA) is 40.5 Å². The lowest BCUT2D eigenvalue weighted by Gasteiger charge is -2.33. The molecule has 0 aromatic heterocycles. The molecular weight excluding hydrogens is 140 g/mol. The Morgan fingerprint density at radius 3 is 2.27 bits per heavy atom. The van der Waals surface area contributed by atoms with Gasteiger partial charge in [0, 0.05) is 0 Å². The molecule has 1 saturated carbocycles. The summed E-state index contributed by atoms with van der Waals surface area (Å²) in [7, 11) is 0.